The van der Waals surface area contributed by atoms with Crippen molar-refractivity contribution in [2.75, 3.05) is 61.8 Å². The van der Waals surface area contributed by atoms with E-state index in [4.69, 9.17) is 31.5 Å². The molecule has 15 nitrogen and oxygen atoms in total. The molecule has 59 heavy (non-hydrogen) atoms. The number of nitrogen functional groups attached to an aromatic ring is 1. The molecule has 3 aromatic carbocycles. The van der Waals surface area contributed by atoms with Crippen molar-refractivity contribution in [3.63, 3.8) is 0 Å². The molecule has 2 atom stereocenters. The average molecular weight is 845 g/mol. The first kappa shape index (κ1) is 42.7. The summed E-state index contributed by atoms with van der Waals surface area (Å²) in [7, 11) is 0. The zero-order chi connectivity index (χ0) is 42.4. The summed E-state index contributed by atoms with van der Waals surface area (Å²) >= 11 is 6.11. The molecule has 0 spiro atoms. The monoisotopic (exact) mass is 844 g/mol. The highest BCUT2D eigenvalue weighted by Gasteiger charge is 2.38. The Balaban J connectivity index is 1.10. The summed E-state index contributed by atoms with van der Waals surface area (Å²) in [5.74, 6) is -1.32. The lowest BCUT2D eigenvalue weighted by atomic mass is 10.0. The van der Waals surface area contributed by atoms with E-state index >= 15 is 0 Å². The molecule has 0 saturated carbocycles. The van der Waals surface area contributed by atoms with Gasteiger partial charge in [-0.1, -0.05) is 29.8 Å². The van der Waals surface area contributed by atoms with Crippen molar-refractivity contribution in [2.45, 2.75) is 64.3 Å². The van der Waals surface area contributed by atoms with Crippen LogP contribution in [0.2, 0.25) is 5.02 Å². The zero-order valence-corrected chi connectivity index (χ0v) is 33.1. The third kappa shape index (κ3) is 10.4. The number of benzene rings is 3. The molecule has 316 valence electrons. The van der Waals surface area contributed by atoms with Crippen LogP contribution in [0, 0.1) is 0 Å². The minimum Gasteiger partial charge on any atom is -0.436 e. The summed E-state index contributed by atoms with van der Waals surface area (Å²) in [4.78, 5) is 71.3. The highest BCUT2D eigenvalue weighted by atomic mass is 35.5. The van der Waals surface area contributed by atoms with Crippen molar-refractivity contribution < 1.29 is 56.1 Å². The number of amides is 4. The number of ether oxygens (including phenoxy) is 4. The predicted octanol–water partition coefficient (Wildman–Crippen LogP) is 6.53. The number of nitrogens with two attached hydrogens (primary N) is 1. The number of para-hydroxylation sites is 1. The van der Waals surface area contributed by atoms with Gasteiger partial charge in [-0.15, -0.1) is 0 Å². The molecule has 0 aliphatic carbocycles. The number of fused-ring (bicyclic) bond motifs is 1. The Morgan fingerprint density at radius 1 is 0.915 bits per heavy atom. The minimum atomic E-state index is -4.83. The molecule has 1 unspecified atom stereocenters. The molecule has 2 fully saturated rings. The summed E-state index contributed by atoms with van der Waals surface area (Å²) in [6.07, 6.45) is -8.81. The molecule has 4 amide bonds. The number of urea groups is 1. The van der Waals surface area contributed by atoms with Crippen molar-refractivity contribution in [2.24, 2.45) is 0 Å². The highest BCUT2D eigenvalue weighted by Crippen LogP contribution is 2.38. The Hall–Kier alpha value is -5.91. The van der Waals surface area contributed by atoms with Gasteiger partial charge in [0, 0.05) is 76.6 Å². The topological polar surface area (TPSA) is 173 Å². The smallest absolute Gasteiger partial charge is 0.436 e. The molecule has 3 aliphatic rings. The van der Waals surface area contributed by atoms with Gasteiger partial charge in [0.2, 0.25) is 6.29 Å². The molecule has 3 N–H and O–H groups in total. The van der Waals surface area contributed by atoms with Gasteiger partial charge in [-0.25, -0.2) is 19.2 Å². The van der Waals surface area contributed by atoms with Gasteiger partial charge in [0.25, 0.3) is 5.91 Å². The van der Waals surface area contributed by atoms with Crippen LogP contribution in [0.5, 0.6) is 0 Å². The van der Waals surface area contributed by atoms with Crippen molar-refractivity contribution >= 4 is 58.8 Å². The number of esters is 1. The van der Waals surface area contributed by atoms with E-state index in [9.17, 15) is 37.1 Å². The van der Waals surface area contributed by atoms with Crippen LogP contribution in [0.25, 0.3) is 0 Å². The first-order valence-corrected chi connectivity index (χ1v) is 19.4. The number of piperidine rings is 1. The molecule has 19 heteroatoms. The zero-order valence-electron chi connectivity index (χ0n) is 32.3. The fourth-order valence-corrected chi connectivity index (χ4v) is 7.46. The number of nitrogens with one attached hydrogen (secondary N) is 1. The van der Waals surface area contributed by atoms with Gasteiger partial charge in [0.15, 0.2) is 6.10 Å². The fraction of sp³-hybridized carbons (Fsp3) is 0.425. The van der Waals surface area contributed by atoms with E-state index in [0.717, 1.165) is 23.0 Å². The van der Waals surface area contributed by atoms with E-state index in [1.165, 1.54) is 34.9 Å². The van der Waals surface area contributed by atoms with Gasteiger partial charge in [0.05, 0.1) is 28.4 Å². The second kappa shape index (κ2) is 18.3. The lowest BCUT2D eigenvalue weighted by Crippen LogP contribution is -2.54. The van der Waals surface area contributed by atoms with E-state index in [1.54, 1.807) is 24.0 Å². The standard InChI is InChI=1S/C40H44ClF3N6O9/c1-3-56-39(55)58-24(2)57-36(52)26-8-10-28(11-9-26)47-16-18-48(19-17-47)35(51)33(22-25-20-30(40(42,43)44)34(45)31(41)21-25)59-38(54)49-14-12-29(13-15-49)50-23-27-6-4-5-7-32(27)46-37(50)53/h4-11,20-21,24,29,33H,3,12-19,22-23,45H2,1-2H3,(H,46,53)/t24?,33-/m1/s1. The quantitative estimate of drug-likeness (QED) is 0.0984. The Morgan fingerprint density at radius 2 is 1.59 bits per heavy atom. The summed E-state index contributed by atoms with van der Waals surface area (Å²) in [5, 5.41) is 2.55. The van der Waals surface area contributed by atoms with Crippen molar-refractivity contribution in [3.05, 3.63) is 87.9 Å². The van der Waals surface area contributed by atoms with Crippen LogP contribution in [0.4, 0.5) is 44.6 Å². The number of alkyl halides is 3. The van der Waals surface area contributed by atoms with E-state index in [2.05, 4.69) is 10.1 Å². The maximum Gasteiger partial charge on any atom is 0.511 e. The first-order valence-electron chi connectivity index (χ1n) is 19.1. The maximum absolute atomic E-state index is 14.1. The molecule has 2 saturated heterocycles. The van der Waals surface area contributed by atoms with Crippen LogP contribution in [-0.2, 0) is 42.9 Å². The van der Waals surface area contributed by atoms with E-state index in [0.29, 0.717) is 32.5 Å². The second-order valence-electron chi connectivity index (χ2n) is 14.2. The Morgan fingerprint density at radius 3 is 2.25 bits per heavy atom. The van der Waals surface area contributed by atoms with E-state index in [1.807, 2.05) is 29.2 Å². The van der Waals surface area contributed by atoms with Gasteiger partial charge < -0.3 is 49.6 Å². The third-order valence-electron chi connectivity index (χ3n) is 10.3. The van der Waals surface area contributed by atoms with Gasteiger partial charge in [-0.05, 0) is 73.4 Å². The van der Waals surface area contributed by atoms with Crippen LogP contribution in [0.1, 0.15) is 53.7 Å². The number of piperazine rings is 1. The number of carbonyl (C=O) groups is 5. The largest absolute Gasteiger partial charge is 0.511 e. The number of hydrogen-bond donors (Lipinski definition) is 2. The van der Waals surface area contributed by atoms with E-state index in [-0.39, 0.29) is 61.0 Å². The second-order valence-corrected chi connectivity index (χ2v) is 14.6. The van der Waals surface area contributed by atoms with Crippen LogP contribution >= 0.6 is 11.6 Å². The number of nitrogens with zero attached hydrogens (tertiary/aromatic N) is 4. The number of hydrogen-bond acceptors (Lipinski definition) is 11. The third-order valence-corrected chi connectivity index (χ3v) is 10.6. The summed E-state index contributed by atoms with van der Waals surface area (Å²) in [6.45, 7) is 4.99. The maximum atomic E-state index is 14.1. The SMILES string of the molecule is CCOC(=O)OC(C)OC(=O)c1ccc(N2CCN(C(=O)[C@@H](Cc3cc(Cl)c(N)c(C(F)(F)F)c3)OC(=O)N3CCC(N4Cc5ccccc5NC4=O)CC3)CC2)cc1. The number of anilines is 3. The van der Waals surface area contributed by atoms with Crippen LogP contribution in [0.3, 0.4) is 0 Å². The van der Waals surface area contributed by atoms with Crippen LogP contribution < -0.4 is 16.0 Å². The predicted molar refractivity (Wildman–Crippen MR) is 209 cm³/mol. The first-order chi connectivity index (χ1) is 28.1. The molecule has 0 aromatic heterocycles. The summed E-state index contributed by atoms with van der Waals surface area (Å²) in [6, 6.07) is 15.6. The highest BCUT2D eigenvalue weighted by molar-refractivity contribution is 6.33. The van der Waals surface area contributed by atoms with Crippen molar-refractivity contribution in [1.29, 1.82) is 0 Å². The molecule has 0 bridgehead atoms. The van der Waals surface area contributed by atoms with Crippen molar-refractivity contribution in [1.82, 2.24) is 14.7 Å². The van der Waals surface area contributed by atoms with Gasteiger partial charge in [-0.2, -0.15) is 13.2 Å². The molecular weight excluding hydrogens is 801 g/mol. The molecular formula is C40H44ClF3N6O9. The Labute approximate surface area is 343 Å². The molecule has 3 aromatic rings. The lowest BCUT2D eigenvalue weighted by molar-refractivity contribution is -0.141. The fourth-order valence-electron chi connectivity index (χ4n) is 7.22. The molecule has 3 heterocycles. The van der Waals surface area contributed by atoms with Gasteiger partial charge in [0.1, 0.15) is 0 Å². The summed E-state index contributed by atoms with van der Waals surface area (Å²) in [5.41, 5.74) is 6.48. The van der Waals surface area contributed by atoms with Crippen LogP contribution in [-0.4, -0.2) is 109 Å². The van der Waals surface area contributed by atoms with Crippen LogP contribution in [0.15, 0.2) is 60.7 Å². The van der Waals surface area contributed by atoms with Crippen molar-refractivity contribution in [3.8, 4) is 0 Å². The number of carbonyl (C=O) groups excluding carboxylic acids is 5. The average Bonchev–Trinajstić information content (AvgIpc) is 3.21. The van der Waals surface area contributed by atoms with Gasteiger partial charge >= 0.3 is 30.4 Å². The molecule has 3 aliphatic heterocycles. The minimum absolute atomic E-state index is 0.00289. The summed E-state index contributed by atoms with van der Waals surface area (Å²) < 4.78 is 62.1. The Bertz CT molecular complexity index is 2040. The number of likely N-dealkylation sites (tertiary alicyclic amines) is 1. The normalized spacial score (nSPS) is 17.0. The molecule has 6 rings (SSSR count). The Kier molecular flexibility index (Phi) is 13.3. The lowest BCUT2D eigenvalue weighted by Gasteiger charge is -2.40. The van der Waals surface area contributed by atoms with Gasteiger partial charge in [-0.3, -0.25) is 4.79 Å². The number of halogens is 4. The van der Waals surface area contributed by atoms with E-state index < -0.39 is 60.4 Å². The number of rotatable bonds is 10. The molecule has 0 radical (unpaired) electrons.